The number of likely N-dealkylation sites (tertiary alicyclic amines) is 1. The van der Waals surface area contributed by atoms with Gasteiger partial charge in [0.2, 0.25) is 10.0 Å². The number of carbonyl (C=O) groups is 1. The molecule has 2 aliphatic heterocycles. The normalized spacial score (nSPS) is 24.3. The van der Waals surface area contributed by atoms with Crippen LogP contribution in [0.3, 0.4) is 0 Å². The van der Waals surface area contributed by atoms with Gasteiger partial charge in [0, 0.05) is 37.7 Å². The number of aromatic nitrogens is 3. The number of rotatable bonds is 4. The predicted octanol–water partition coefficient (Wildman–Crippen LogP) is 3.42. The maximum Gasteiger partial charge on any atom is 0.253 e. The highest BCUT2D eigenvalue weighted by Gasteiger charge is 2.50. The van der Waals surface area contributed by atoms with Crippen LogP contribution >= 0.6 is 0 Å². The third kappa shape index (κ3) is 4.05. The van der Waals surface area contributed by atoms with Crippen LogP contribution in [0.1, 0.15) is 74.0 Å². The Kier molecular flexibility index (Phi) is 5.93. The van der Waals surface area contributed by atoms with Gasteiger partial charge in [0.05, 0.1) is 11.4 Å². The molecule has 5 rings (SSSR count). The third-order valence-electron chi connectivity index (χ3n) is 7.83. The van der Waals surface area contributed by atoms with E-state index in [-0.39, 0.29) is 23.0 Å². The molecule has 1 amide bonds. The summed E-state index contributed by atoms with van der Waals surface area (Å²) in [5.41, 5.74) is 1.32. The van der Waals surface area contributed by atoms with Gasteiger partial charge in [0.25, 0.3) is 5.91 Å². The van der Waals surface area contributed by atoms with Crippen molar-refractivity contribution in [1.82, 2.24) is 19.7 Å². The van der Waals surface area contributed by atoms with E-state index in [4.69, 9.17) is 0 Å². The number of carbonyl (C=O) groups excluding carboxylic acids is 1. The Morgan fingerprint density at radius 2 is 1.85 bits per heavy atom. The largest absolute Gasteiger partial charge is 0.337 e. The van der Waals surface area contributed by atoms with Crippen molar-refractivity contribution >= 4 is 21.6 Å². The minimum atomic E-state index is -3.26. The Labute approximate surface area is 196 Å². The van der Waals surface area contributed by atoms with Gasteiger partial charge in [-0.05, 0) is 62.3 Å². The lowest BCUT2D eigenvalue weighted by molar-refractivity contribution is 0.0758. The maximum absolute atomic E-state index is 13.5. The van der Waals surface area contributed by atoms with E-state index in [1.165, 1.54) is 23.6 Å². The van der Waals surface area contributed by atoms with Crippen molar-refractivity contribution in [3.8, 4) is 0 Å². The van der Waals surface area contributed by atoms with Crippen molar-refractivity contribution in [2.24, 2.45) is 5.41 Å². The first-order valence-electron chi connectivity index (χ1n) is 12.2. The third-order valence-corrected chi connectivity index (χ3v) is 9.70. The summed E-state index contributed by atoms with van der Waals surface area (Å²) in [5, 5.41) is 8.64. The van der Waals surface area contributed by atoms with E-state index >= 15 is 0 Å². The van der Waals surface area contributed by atoms with Crippen LogP contribution in [0, 0.1) is 5.41 Å². The summed E-state index contributed by atoms with van der Waals surface area (Å²) >= 11 is 0. The van der Waals surface area contributed by atoms with Crippen molar-refractivity contribution in [1.29, 1.82) is 0 Å². The van der Waals surface area contributed by atoms with Crippen molar-refractivity contribution in [3.05, 3.63) is 42.0 Å². The Balaban J connectivity index is 1.38. The van der Waals surface area contributed by atoms with Gasteiger partial charge in [-0.1, -0.05) is 19.3 Å². The molecule has 1 spiro atoms. The smallest absolute Gasteiger partial charge is 0.253 e. The van der Waals surface area contributed by atoms with E-state index in [1.54, 1.807) is 30.6 Å². The van der Waals surface area contributed by atoms with Gasteiger partial charge in [0.15, 0.2) is 0 Å². The van der Waals surface area contributed by atoms with E-state index in [0.29, 0.717) is 30.8 Å². The first-order valence-corrected chi connectivity index (χ1v) is 13.8. The highest BCUT2D eigenvalue weighted by atomic mass is 32.2. The first-order chi connectivity index (χ1) is 15.9. The lowest BCUT2D eigenvalue weighted by Gasteiger charge is -2.37. The Hall–Kier alpha value is -2.42. The molecule has 1 aromatic carbocycles. The number of sulfonamides is 1. The van der Waals surface area contributed by atoms with E-state index in [2.05, 4.69) is 21.7 Å². The fourth-order valence-electron chi connectivity index (χ4n) is 6.05. The van der Waals surface area contributed by atoms with Gasteiger partial charge in [-0.3, -0.25) is 9.10 Å². The predicted molar refractivity (Wildman–Crippen MR) is 127 cm³/mol. The fraction of sp³-hybridized carbons (Fsp3) is 0.625. The van der Waals surface area contributed by atoms with Crippen molar-refractivity contribution < 1.29 is 13.2 Å². The molecule has 178 valence electrons. The standard InChI is InChI=1S/C24H33N5O3S/c1-2-27-18-25-26-22(27)21-16-28(17-24(21)12-4-3-5-13-24)23(30)19-8-10-20(11-9-19)29-14-6-7-15-33(29,31)32/h8-11,18,21H,2-7,12-17H2,1H3. The minimum Gasteiger partial charge on any atom is -0.337 e. The number of nitrogens with zero attached hydrogens (tertiary/aromatic N) is 5. The van der Waals surface area contributed by atoms with Crippen LogP contribution in [0.5, 0.6) is 0 Å². The maximum atomic E-state index is 13.5. The second-order valence-corrected chi connectivity index (χ2v) is 11.8. The topological polar surface area (TPSA) is 88.4 Å². The van der Waals surface area contributed by atoms with E-state index in [9.17, 15) is 13.2 Å². The van der Waals surface area contributed by atoms with E-state index < -0.39 is 10.0 Å². The molecule has 0 radical (unpaired) electrons. The molecule has 1 atom stereocenters. The fourth-order valence-corrected chi connectivity index (χ4v) is 7.69. The molecule has 1 aromatic heterocycles. The van der Waals surface area contributed by atoms with Crippen LogP contribution in [-0.2, 0) is 16.6 Å². The van der Waals surface area contributed by atoms with Gasteiger partial charge in [-0.2, -0.15) is 0 Å². The van der Waals surface area contributed by atoms with Gasteiger partial charge in [-0.15, -0.1) is 10.2 Å². The summed E-state index contributed by atoms with van der Waals surface area (Å²) in [7, 11) is -3.26. The van der Waals surface area contributed by atoms with Crippen molar-refractivity contribution in [2.75, 3.05) is 29.7 Å². The summed E-state index contributed by atoms with van der Waals surface area (Å²) in [6.07, 6.45) is 9.23. The zero-order chi connectivity index (χ0) is 23.1. The SMILES string of the molecule is CCn1cnnc1C1CN(C(=O)c2ccc(N3CCCCS3(=O)=O)cc2)CC12CCCCC2. The summed E-state index contributed by atoms with van der Waals surface area (Å²) in [5.74, 6) is 1.40. The number of anilines is 1. The van der Waals surface area contributed by atoms with Crippen LogP contribution in [0.15, 0.2) is 30.6 Å². The molecular formula is C24H33N5O3S. The van der Waals surface area contributed by atoms with Crippen LogP contribution < -0.4 is 4.31 Å². The van der Waals surface area contributed by atoms with Crippen LogP contribution in [0.2, 0.25) is 0 Å². The van der Waals surface area contributed by atoms with E-state index in [0.717, 1.165) is 38.2 Å². The molecule has 3 aliphatic rings. The second-order valence-electron chi connectivity index (χ2n) is 9.78. The minimum absolute atomic E-state index is 0.0121. The van der Waals surface area contributed by atoms with Gasteiger partial charge in [-0.25, -0.2) is 8.42 Å². The quantitative estimate of drug-likeness (QED) is 0.682. The average Bonchev–Trinajstić information content (AvgIpc) is 3.43. The van der Waals surface area contributed by atoms with Gasteiger partial charge in [0.1, 0.15) is 12.2 Å². The van der Waals surface area contributed by atoms with Crippen molar-refractivity contribution in [3.63, 3.8) is 0 Å². The Bertz CT molecular complexity index is 1110. The molecule has 1 unspecified atom stereocenters. The zero-order valence-corrected chi connectivity index (χ0v) is 20.1. The second kappa shape index (κ2) is 8.74. The number of hydrogen-bond donors (Lipinski definition) is 0. The Morgan fingerprint density at radius 3 is 2.55 bits per heavy atom. The molecular weight excluding hydrogens is 438 g/mol. The molecule has 9 heteroatoms. The molecule has 8 nitrogen and oxygen atoms in total. The molecule has 3 fully saturated rings. The van der Waals surface area contributed by atoms with Gasteiger partial charge < -0.3 is 9.47 Å². The molecule has 0 bridgehead atoms. The van der Waals surface area contributed by atoms with Gasteiger partial charge >= 0.3 is 0 Å². The number of hydrogen-bond acceptors (Lipinski definition) is 5. The highest BCUT2D eigenvalue weighted by Crippen LogP contribution is 2.51. The van der Waals surface area contributed by atoms with Crippen LogP contribution in [0.25, 0.3) is 0 Å². The molecule has 0 N–H and O–H groups in total. The van der Waals surface area contributed by atoms with Crippen molar-refractivity contribution in [2.45, 2.75) is 64.3 Å². The van der Waals surface area contributed by atoms with E-state index in [1.807, 2.05) is 4.90 Å². The molecule has 2 saturated heterocycles. The summed E-state index contributed by atoms with van der Waals surface area (Å²) < 4.78 is 28.4. The summed E-state index contributed by atoms with van der Waals surface area (Å²) in [4.78, 5) is 15.5. The number of benzene rings is 1. The molecule has 1 aliphatic carbocycles. The summed E-state index contributed by atoms with van der Waals surface area (Å²) in [6, 6.07) is 7.09. The zero-order valence-electron chi connectivity index (χ0n) is 19.3. The molecule has 2 aromatic rings. The highest BCUT2D eigenvalue weighted by molar-refractivity contribution is 7.92. The molecule has 3 heterocycles. The molecule has 33 heavy (non-hydrogen) atoms. The molecule has 1 saturated carbocycles. The van der Waals surface area contributed by atoms with Crippen LogP contribution in [0.4, 0.5) is 5.69 Å². The van der Waals surface area contributed by atoms with Crippen LogP contribution in [-0.4, -0.2) is 59.4 Å². The Morgan fingerprint density at radius 1 is 1.09 bits per heavy atom. The monoisotopic (exact) mass is 471 g/mol. The summed E-state index contributed by atoms with van der Waals surface area (Å²) in [6.45, 7) is 4.82. The number of amides is 1. The average molecular weight is 472 g/mol. The number of aryl methyl sites for hydroxylation is 1. The lowest BCUT2D eigenvalue weighted by atomic mass is 9.67. The lowest BCUT2D eigenvalue weighted by Crippen LogP contribution is -2.37. The first kappa shape index (κ1) is 22.4.